The van der Waals surface area contributed by atoms with Crippen molar-refractivity contribution in [2.24, 2.45) is 5.92 Å². The van der Waals surface area contributed by atoms with Crippen LogP contribution in [0.3, 0.4) is 0 Å². The molecule has 1 saturated carbocycles. The first-order valence-corrected chi connectivity index (χ1v) is 10.8. The maximum Gasteiger partial charge on any atom is 0.257 e. The smallest absolute Gasteiger partial charge is 0.257 e. The minimum absolute atomic E-state index is 0.0452. The fourth-order valence-corrected chi connectivity index (χ4v) is 4.86. The van der Waals surface area contributed by atoms with Gasteiger partial charge in [0.15, 0.2) is 0 Å². The van der Waals surface area contributed by atoms with E-state index >= 15 is 0 Å². The lowest BCUT2D eigenvalue weighted by molar-refractivity contribution is -0.140. The van der Waals surface area contributed by atoms with Crippen LogP contribution < -0.4 is 0 Å². The van der Waals surface area contributed by atoms with Crippen LogP contribution in [-0.2, 0) is 11.3 Å². The number of rotatable bonds is 4. The molecule has 4 aliphatic rings. The Bertz CT molecular complexity index is 911. The zero-order chi connectivity index (χ0) is 19.3. The molecule has 3 saturated heterocycles. The van der Waals surface area contributed by atoms with Crippen molar-refractivity contribution in [3.05, 3.63) is 39.9 Å². The molecule has 0 spiro atoms. The lowest BCUT2D eigenvalue weighted by Crippen LogP contribution is -2.47. The summed E-state index contributed by atoms with van der Waals surface area (Å²) < 4.78 is 0. The van der Waals surface area contributed by atoms with Gasteiger partial charge in [-0.15, -0.1) is 11.3 Å². The molecule has 2 aromatic rings. The Kier molecular flexibility index (Phi) is 4.38. The number of aromatic nitrogens is 3. The first-order valence-electron chi connectivity index (χ1n) is 9.90. The zero-order valence-electron chi connectivity index (χ0n) is 15.9. The van der Waals surface area contributed by atoms with Gasteiger partial charge >= 0.3 is 0 Å². The van der Waals surface area contributed by atoms with Crippen LogP contribution in [0.5, 0.6) is 0 Å². The lowest BCUT2D eigenvalue weighted by Gasteiger charge is -2.35. The van der Waals surface area contributed by atoms with Gasteiger partial charge < -0.3 is 9.80 Å². The number of hydrogen-bond donors (Lipinski definition) is 0. The van der Waals surface area contributed by atoms with Gasteiger partial charge in [-0.1, -0.05) is 0 Å². The van der Waals surface area contributed by atoms with Crippen molar-refractivity contribution in [1.82, 2.24) is 24.8 Å². The topological polar surface area (TPSA) is 79.3 Å². The van der Waals surface area contributed by atoms with E-state index in [0.717, 1.165) is 42.9 Å². The zero-order valence-corrected chi connectivity index (χ0v) is 16.7. The monoisotopic (exact) mass is 397 g/mol. The highest BCUT2D eigenvalue weighted by Gasteiger charge is 2.42. The highest BCUT2D eigenvalue weighted by atomic mass is 32.1. The number of hydrogen-bond acceptors (Lipinski definition) is 6. The van der Waals surface area contributed by atoms with E-state index in [-0.39, 0.29) is 23.8 Å². The van der Waals surface area contributed by atoms with Crippen molar-refractivity contribution in [2.75, 3.05) is 13.1 Å². The number of fused-ring (bicyclic) bond motifs is 4. The Morgan fingerprint density at radius 1 is 1.18 bits per heavy atom. The van der Waals surface area contributed by atoms with E-state index in [1.54, 1.807) is 11.7 Å². The molecule has 2 aromatic heterocycles. The third-order valence-corrected chi connectivity index (χ3v) is 6.70. The number of aryl methyl sites for hydroxylation is 1. The van der Waals surface area contributed by atoms with Crippen LogP contribution in [0, 0.1) is 12.8 Å². The predicted molar refractivity (Wildman–Crippen MR) is 104 cm³/mol. The molecular formula is C20H23N5O2S. The van der Waals surface area contributed by atoms with Crippen LogP contribution >= 0.6 is 11.3 Å². The van der Waals surface area contributed by atoms with E-state index < -0.39 is 0 Å². The molecule has 28 heavy (non-hydrogen) atoms. The van der Waals surface area contributed by atoms with Gasteiger partial charge in [0, 0.05) is 36.6 Å². The molecule has 1 aliphatic carbocycles. The van der Waals surface area contributed by atoms with E-state index in [0.29, 0.717) is 31.1 Å². The van der Waals surface area contributed by atoms with Crippen LogP contribution in [-0.4, -0.2) is 55.7 Å². The van der Waals surface area contributed by atoms with Crippen LogP contribution in [0.2, 0.25) is 0 Å². The van der Waals surface area contributed by atoms with Gasteiger partial charge in [-0.25, -0.2) is 15.0 Å². The molecule has 3 aliphatic heterocycles. The Balaban J connectivity index is 1.37. The largest absolute Gasteiger partial charge is 0.336 e. The van der Waals surface area contributed by atoms with Gasteiger partial charge in [-0.2, -0.15) is 0 Å². The summed E-state index contributed by atoms with van der Waals surface area (Å²) in [4.78, 5) is 43.3. The SMILES string of the molecule is Cc1nc(C2CC2)ncc1C(=O)N1C[C@H]2CC[C@@H](C1)N(Cc1cscn1)C2=O. The van der Waals surface area contributed by atoms with Crippen LogP contribution in [0.1, 0.15) is 59.2 Å². The molecule has 2 amide bonds. The van der Waals surface area contributed by atoms with Gasteiger partial charge in [0.05, 0.1) is 34.9 Å². The van der Waals surface area contributed by atoms with Crippen molar-refractivity contribution in [3.63, 3.8) is 0 Å². The Labute approximate surface area is 167 Å². The first kappa shape index (κ1) is 17.7. The van der Waals surface area contributed by atoms with Crippen molar-refractivity contribution < 1.29 is 9.59 Å². The fourth-order valence-electron chi connectivity index (χ4n) is 4.31. The molecule has 4 fully saturated rings. The van der Waals surface area contributed by atoms with Gasteiger partial charge in [0.2, 0.25) is 5.91 Å². The van der Waals surface area contributed by atoms with Crippen LogP contribution in [0.25, 0.3) is 0 Å². The number of carbonyl (C=O) groups is 2. The summed E-state index contributed by atoms with van der Waals surface area (Å²) in [6.45, 7) is 3.46. The third kappa shape index (κ3) is 3.19. The predicted octanol–water partition coefficient (Wildman–Crippen LogP) is 2.38. The maximum absolute atomic E-state index is 13.2. The molecule has 6 rings (SSSR count). The van der Waals surface area contributed by atoms with Crippen molar-refractivity contribution in [2.45, 2.75) is 51.1 Å². The first-order chi connectivity index (χ1) is 13.6. The van der Waals surface area contributed by atoms with E-state index in [1.807, 2.05) is 22.1 Å². The number of nitrogens with zero attached hydrogens (tertiary/aromatic N) is 5. The summed E-state index contributed by atoms with van der Waals surface area (Å²) in [5.74, 6) is 1.29. The molecule has 2 atom stereocenters. The number of thiazole rings is 1. The third-order valence-electron chi connectivity index (χ3n) is 6.07. The molecule has 5 heterocycles. The molecule has 0 aromatic carbocycles. The minimum Gasteiger partial charge on any atom is -0.336 e. The molecule has 7 nitrogen and oxygen atoms in total. The molecule has 2 bridgehead atoms. The van der Waals surface area contributed by atoms with Gasteiger partial charge in [-0.05, 0) is 32.6 Å². The summed E-state index contributed by atoms with van der Waals surface area (Å²) >= 11 is 1.54. The number of amides is 2. The molecule has 8 heteroatoms. The maximum atomic E-state index is 13.2. The second kappa shape index (κ2) is 6.92. The highest BCUT2D eigenvalue weighted by Crippen LogP contribution is 2.38. The summed E-state index contributed by atoms with van der Waals surface area (Å²) in [5.41, 5.74) is 4.01. The van der Waals surface area contributed by atoms with E-state index in [2.05, 4.69) is 15.0 Å². The second-order valence-corrected chi connectivity index (χ2v) is 8.80. The molecule has 0 unspecified atom stereocenters. The molecular weight excluding hydrogens is 374 g/mol. The fraction of sp³-hybridized carbons (Fsp3) is 0.550. The minimum atomic E-state index is -0.131. The molecule has 146 valence electrons. The average Bonchev–Trinajstić information content (AvgIpc) is 3.47. The van der Waals surface area contributed by atoms with E-state index in [9.17, 15) is 9.59 Å². The van der Waals surface area contributed by atoms with Crippen molar-refractivity contribution in [1.29, 1.82) is 0 Å². The number of carbonyl (C=O) groups excluding carboxylic acids is 2. The van der Waals surface area contributed by atoms with Crippen molar-refractivity contribution in [3.8, 4) is 0 Å². The summed E-state index contributed by atoms with van der Waals surface area (Å²) in [6.07, 6.45) is 5.73. The van der Waals surface area contributed by atoms with Crippen LogP contribution in [0.4, 0.5) is 0 Å². The highest BCUT2D eigenvalue weighted by molar-refractivity contribution is 7.07. The van der Waals surface area contributed by atoms with Gasteiger partial charge in [0.25, 0.3) is 5.91 Å². The summed E-state index contributed by atoms with van der Waals surface area (Å²) in [5, 5.41) is 1.98. The number of piperidine rings is 1. The normalized spacial score (nSPS) is 24.5. The van der Waals surface area contributed by atoms with Crippen LogP contribution in [0.15, 0.2) is 17.1 Å². The molecule has 0 radical (unpaired) electrons. The second-order valence-electron chi connectivity index (χ2n) is 8.09. The Morgan fingerprint density at radius 2 is 2.00 bits per heavy atom. The van der Waals surface area contributed by atoms with E-state index in [4.69, 9.17) is 0 Å². The summed E-state index contributed by atoms with van der Waals surface area (Å²) in [7, 11) is 0. The van der Waals surface area contributed by atoms with Crippen molar-refractivity contribution >= 4 is 23.2 Å². The molecule has 0 N–H and O–H groups in total. The van der Waals surface area contributed by atoms with E-state index in [1.165, 1.54) is 11.3 Å². The van der Waals surface area contributed by atoms with Gasteiger partial charge in [-0.3, -0.25) is 9.59 Å². The quantitative estimate of drug-likeness (QED) is 0.791. The standard InChI is InChI=1S/C20H23N5O2S/c1-12-17(6-21-18(23-12)13-2-3-13)20(27)24-7-14-4-5-16(9-24)25(19(14)26)8-15-10-28-11-22-15/h6,10-11,13-14,16H,2-5,7-9H2,1H3/t14-,16+/m1/s1. The average molecular weight is 398 g/mol. The van der Waals surface area contributed by atoms with Gasteiger partial charge in [0.1, 0.15) is 5.82 Å². The lowest BCUT2D eigenvalue weighted by atomic mass is 9.94. The summed E-state index contributed by atoms with van der Waals surface area (Å²) in [6, 6.07) is 0.0452. The Hall–Kier alpha value is -2.35. The Morgan fingerprint density at radius 3 is 2.71 bits per heavy atom.